The third-order valence-electron chi connectivity index (χ3n) is 4.98. The third kappa shape index (κ3) is 2.21. The van der Waals surface area contributed by atoms with Gasteiger partial charge in [0.05, 0.1) is 12.0 Å². The van der Waals surface area contributed by atoms with Crippen molar-refractivity contribution < 1.29 is 0 Å². The van der Waals surface area contributed by atoms with Crippen LogP contribution in [0.4, 0.5) is 0 Å². The normalized spacial score (nSPS) is 39.8. The van der Waals surface area contributed by atoms with Crippen molar-refractivity contribution in [3.8, 4) is 6.07 Å². The van der Waals surface area contributed by atoms with Crippen LogP contribution in [0.1, 0.15) is 38.5 Å². The lowest BCUT2D eigenvalue weighted by molar-refractivity contribution is 0.0436. The summed E-state index contributed by atoms with van der Waals surface area (Å²) in [5.41, 5.74) is 0. The maximum absolute atomic E-state index is 9.29. The van der Waals surface area contributed by atoms with Crippen LogP contribution >= 0.6 is 0 Å². The van der Waals surface area contributed by atoms with E-state index in [-0.39, 0.29) is 0 Å². The third-order valence-corrected chi connectivity index (χ3v) is 4.98. The Bertz CT molecular complexity index is 309. The van der Waals surface area contributed by atoms with E-state index in [2.05, 4.69) is 15.9 Å². The van der Waals surface area contributed by atoms with E-state index >= 15 is 0 Å². The zero-order chi connectivity index (χ0) is 11.7. The second kappa shape index (κ2) is 4.96. The van der Waals surface area contributed by atoms with Crippen molar-refractivity contribution in [1.29, 1.82) is 5.26 Å². The van der Waals surface area contributed by atoms with Crippen LogP contribution in [-0.4, -0.2) is 48.1 Å². The van der Waals surface area contributed by atoms with Crippen LogP contribution in [0.25, 0.3) is 0 Å². The van der Waals surface area contributed by atoms with Crippen LogP contribution in [0.3, 0.4) is 0 Å². The van der Waals surface area contributed by atoms with E-state index in [9.17, 15) is 5.26 Å². The fraction of sp³-hybridized carbons (Fsp3) is 0.929. The van der Waals surface area contributed by atoms with Gasteiger partial charge < -0.3 is 0 Å². The van der Waals surface area contributed by atoms with E-state index < -0.39 is 0 Å². The molecule has 2 saturated heterocycles. The Balaban J connectivity index is 1.65. The van der Waals surface area contributed by atoms with Gasteiger partial charge in [0, 0.05) is 31.7 Å². The first-order valence-corrected chi connectivity index (χ1v) is 7.26. The fourth-order valence-electron chi connectivity index (χ4n) is 4.02. The van der Waals surface area contributed by atoms with E-state index in [0.717, 1.165) is 12.5 Å². The van der Waals surface area contributed by atoms with Crippen LogP contribution in [0.2, 0.25) is 0 Å². The topological polar surface area (TPSA) is 30.3 Å². The quantitative estimate of drug-likeness (QED) is 0.692. The predicted octanol–water partition coefficient (Wildman–Crippen LogP) is 1.85. The smallest absolute Gasteiger partial charge is 0.0672 e. The second-order valence-corrected chi connectivity index (χ2v) is 5.91. The molecule has 3 unspecified atom stereocenters. The van der Waals surface area contributed by atoms with Crippen LogP contribution in [0.5, 0.6) is 0 Å². The van der Waals surface area contributed by atoms with Crippen molar-refractivity contribution in [1.82, 2.24) is 9.80 Å². The Morgan fingerprint density at radius 2 is 1.71 bits per heavy atom. The monoisotopic (exact) mass is 233 g/mol. The molecule has 0 aromatic carbocycles. The molecule has 2 aliphatic heterocycles. The largest absolute Gasteiger partial charge is 0.298 e. The Kier molecular flexibility index (Phi) is 3.35. The molecule has 0 bridgehead atoms. The lowest BCUT2D eigenvalue weighted by atomic mass is 9.84. The zero-order valence-corrected chi connectivity index (χ0v) is 10.6. The highest BCUT2D eigenvalue weighted by molar-refractivity contribution is 4.98. The summed E-state index contributed by atoms with van der Waals surface area (Å²) < 4.78 is 0. The minimum absolute atomic E-state index is 0.303. The molecule has 3 atom stereocenters. The first-order chi connectivity index (χ1) is 8.38. The summed E-state index contributed by atoms with van der Waals surface area (Å²) in [4.78, 5) is 5.29. The molecule has 3 nitrogen and oxygen atoms in total. The molecule has 3 heteroatoms. The number of hydrogen-bond donors (Lipinski definition) is 0. The highest BCUT2D eigenvalue weighted by atomic mass is 15.3. The average Bonchev–Trinajstić information content (AvgIpc) is 2.85. The van der Waals surface area contributed by atoms with Gasteiger partial charge in [-0.1, -0.05) is 12.8 Å². The molecule has 0 aromatic heterocycles. The molecule has 3 aliphatic rings. The molecule has 2 heterocycles. The number of piperazine rings is 1. The van der Waals surface area contributed by atoms with Gasteiger partial charge in [0.25, 0.3) is 0 Å². The van der Waals surface area contributed by atoms with Gasteiger partial charge in [-0.2, -0.15) is 5.26 Å². The highest BCUT2D eigenvalue weighted by Crippen LogP contribution is 2.31. The SMILES string of the molecule is N#CC1CCCCC1N1CCN2CCCC2C1. The van der Waals surface area contributed by atoms with Crippen LogP contribution in [-0.2, 0) is 0 Å². The van der Waals surface area contributed by atoms with Crippen molar-refractivity contribution in [2.45, 2.75) is 50.6 Å². The summed E-state index contributed by atoms with van der Waals surface area (Å²) in [7, 11) is 0. The molecule has 0 amide bonds. The van der Waals surface area contributed by atoms with Gasteiger partial charge >= 0.3 is 0 Å². The van der Waals surface area contributed by atoms with Gasteiger partial charge in [0.1, 0.15) is 0 Å². The zero-order valence-electron chi connectivity index (χ0n) is 10.6. The summed E-state index contributed by atoms with van der Waals surface area (Å²) in [5, 5.41) is 9.29. The molecule has 1 aliphatic carbocycles. The molecule has 0 spiro atoms. The van der Waals surface area contributed by atoms with Crippen molar-refractivity contribution >= 4 is 0 Å². The maximum atomic E-state index is 9.29. The van der Waals surface area contributed by atoms with Gasteiger partial charge in [0.15, 0.2) is 0 Å². The molecule has 0 radical (unpaired) electrons. The summed E-state index contributed by atoms with van der Waals surface area (Å²) in [6.07, 6.45) is 7.73. The molecule has 3 fully saturated rings. The Morgan fingerprint density at radius 1 is 0.882 bits per heavy atom. The number of fused-ring (bicyclic) bond motifs is 1. The van der Waals surface area contributed by atoms with Gasteiger partial charge in [-0.05, 0) is 32.2 Å². The number of rotatable bonds is 1. The number of nitriles is 1. The molecule has 3 rings (SSSR count). The highest BCUT2D eigenvalue weighted by Gasteiger charge is 2.36. The maximum Gasteiger partial charge on any atom is 0.0672 e. The van der Waals surface area contributed by atoms with Gasteiger partial charge in [-0.25, -0.2) is 0 Å². The van der Waals surface area contributed by atoms with Gasteiger partial charge in [-0.15, -0.1) is 0 Å². The summed E-state index contributed by atoms with van der Waals surface area (Å²) in [5.74, 6) is 0.303. The molecule has 17 heavy (non-hydrogen) atoms. The number of nitrogens with zero attached hydrogens (tertiary/aromatic N) is 3. The van der Waals surface area contributed by atoms with Crippen molar-refractivity contribution in [2.75, 3.05) is 26.2 Å². The lowest BCUT2D eigenvalue weighted by Crippen LogP contribution is -2.55. The van der Waals surface area contributed by atoms with Gasteiger partial charge in [0.2, 0.25) is 0 Å². The number of hydrogen-bond acceptors (Lipinski definition) is 3. The first-order valence-electron chi connectivity index (χ1n) is 7.26. The Hall–Kier alpha value is -0.590. The summed E-state index contributed by atoms with van der Waals surface area (Å²) in [6, 6.07) is 3.92. The van der Waals surface area contributed by atoms with Crippen molar-refractivity contribution in [3.63, 3.8) is 0 Å². The first kappa shape index (κ1) is 11.5. The molecule has 1 saturated carbocycles. The lowest BCUT2D eigenvalue weighted by Gasteiger charge is -2.44. The Labute approximate surface area is 104 Å². The standard InChI is InChI=1S/C14H23N3/c15-10-12-4-1-2-6-14(12)17-9-8-16-7-3-5-13(16)11-17/h12-14H,1-9,11H2. The average molecular weight is 233 g/mol. The summed E-state index contributed by atoms with van der Waals surface area (Å²) >= 11 is 0. The summed E-state index contributed by atoms with van der Waals surface area (Å²) in [6.45, 7) is 4.96. The van der Waals surface area contributed by atoms with E-state index in [4.69, 9.17) is 0 Å². The molecular weight excluding hydrogens is 210 g/mol. The molecular formula is C14H23N3. The van der Waals surface area contributed by atoms with Crippen molar-refractivity contribution in [3.05, 3.63) is 0 Å². The molecule has 0 N–H and O–H groups in total. The Morgan fingerprint density at radius 3 is 2.59 bits per heavy atom. The van der Waals surface area contributed by atoms with Crippen LogP contribution < -0.4 is 0 Å². The van der Waals surface area contributed by atoms with E-state index in [1.165, 1.54) is 58.3 Å². The minimum atomic E-state index is 0.303. The van der Waals surface area contributed by atoms with Crippen molar-refractivity contribution in [2.24, 2.45) is 5.92 Å². The minimum Gasteiger partial charge on any atom is -0.298 e. The molecule has 94 valence electrons. The van der Waals surface area contributed by atoms with E-state index in [0.29, 0.717) is 12.0 Å². The molecule has 0 aromatic rings. The van der Waals surface area contributed by atoms with Crippen LogP contribution in [0, 0.1) is 17.2 Å². The second-order valence-electron chi connectivity index (χ2n) is 5.91. The predicted molar refractivity (Wildman–Crippen MR) is 67.5 cm³/mol. The van der Waals surface area contributed by atoms with E-state index in [1.807, 2.05) is 0 Å². The van der Waals surface area contributed by atoms with E-state index in [1.54, 1.807) is 0 Å². The fourth-order valence-corrected chi connectivity index (χ4v) is 4.02. The van der Waals surface area contributed by atoms with Gasteiger partial charge in [-0.3, -0.25) is 9.80 Å². The van der Waals surface area contributed by atoms with Crippen LogP contribution in [0.15, 0.2) is 0 Å².